The van der Waals surface area contributed by atoms with Crippen LogP contribution in [0.15, 0.2) is 17.0 Å². The molecule has 0 aliphatic carbocycles. The molecular formula is C11H16FNO3S. The van der Waals surface area contributed by atoms with E-state index in [1.165, 1.54) is 6.07 Å². The van der Waals surface area contributed by atoms with Crippen molar-refractivity contribution in [3.63, 3.8) is 0 Å². The van der Waals surface area contributed by atoms with Gasteiger partial charge in [-0.2, -0.15) is 0 Å². The van der Waals surface area contributed by atoms with Gasteiger partial charge in [-0.05, 0) is 31.9 Å². The van der Waals surface area contributed by atoms with Crippen molar-refractivity contribution in [2.75, 3.05) is 6.26 Å². The number of halogens is 1. The third kappa shape index (κ3) is 3.41. The molecule has 0 aliphatic heterocycles. The van der Waals surface area contributed by atoms with Crippen LogP contribution in [-0.2, 0) is 16.3 Å². The monoisotopic (exact) mass is 261 g/mol. The maximum atomic E-state index is 13.7. The first kappa shape index (κ1) is 13.9. The zero-order chi connectivity index (χ0) is 13.4. The highest BCUT2D eigenvalue weighted by Crippen LogP contribution is 2.29. The highest BCUT2D eigenvalue weighted by Gasteiger charge is 2.22. The molecule has 1 aromatic carbocycles. The average molecular weight is 261 g/mol. The van der Waals surface area contributed by atoms with Crippen LogP contribution in [0.3, 0.4) is 0 Å². The molecular weight excluding hydrogens is 245 g/mol. The number of benzene rings is 1. The van der Waals surface area contributed by atoms with E-state index >= 15 is 0 Å². The van der Waals surface area contributed by atoms with Crippen LogP contribution < -0.4 is 5.73 Å². The summed E-state index contributed by atoms with van der Waals surface area (Å²) in [6.07, 6.45) is 1.14. The van der Waals surface area contributed by atoms with Gasteiger partial charge >= 0.3 is 0 Å². The predicted octanol–water partition coefficient (Wildman–Crippen LogP) is 1.21. The topological polar surface area (TPSA) is 80.4 Å². The number of hydrogen-bond acceptors (Lipinski definition) is 4. The van der Waals surface area contributed by atoms with Crippen molar-refractivity contribution in [2.45, 2.75) is 30.7 Å². The summed E-state index contributed by atoms with van der Waals surface area (Å²) in [7, 11) is -3.68. The standard InChI is InChI=1S/C11H16FNO3S/c1-11(2,13)6-7-4-5-8(17(3,15)16)9(12)10(7)14/h4-5,14H,6,13H2,1-3H3. The molecule has 0 bridgehead atoms. The molecule has 0 heterocycles. The molecule has 1 aromatic rings. The van der Waals surface area contributed by atoms with Crippen LogP contribution in [0.2, 0.25) is 0 Å². The number of phenols is 1. The summed E-state index contributed by atoms with van der Waals surface area (Å²) in [4.78, 5) is -0.506. The Balaban J connectivity index is 3.30. The largest absolute Gasteiger partial charge is 0.505 e. The molecule has 4 nitrogen and oxygen atoms in total. The molecule has 0 aromatic heterocycles. The van der Waals surface area contributed by atoms with Crippen molar-refractivity contribution < 1.29 is 17.9 Å². The van der Waals surface area contributed by atoms with Gasteiger partial charge in [0, 0.05) is 11.8 Å². The zero-order valence-electron chi connectivity index (χ0n) is 9.99. The maximum absolute atomic E-state index is 13.7. The summed E-state index contributed by atoms with van der Waals surface area (Å²) in [6, 6.07) is 2.52. The molecule has 0 aliphatic rings. The normalized spacial score (nSPS) is 12.8. The Morgan fingerprint density at radius 2 is 1.94 bits per heavy atom. The van der Waals surface area contributed by atoms with E-state index in [0.717, 1.165) is 12.3 Å². The molecule has 0 fully saturated rings. The number of aromatic hydroxyl groups is 1. The van der Waals surface area contributed by atoms with Crippen molar-refractivity contribution in [1.29, 1.82) is 0 Å². The first-order valence-corrected chi connectivity index (χ1v) is 6.91. The van der Waals surface area contributed by atoms with Crippen molar-refractivity contribution in [3.05, 3.63) is 23.5 Å². The van der Waals surface area contributed by atoms with Gasteiger partial charge in [0.15, 0.2) is 21.4 Å². The highest BCUT2D eigenvalue weighted by atomic mass is 32.2. The quantitative estimate of drug-likeness (QED) is 0.857. The number of nitrogens with two attached hydrogens (primary N) is 1. The number of hydrogen-bond donors (Lipinski definition) is 2. The van der Waals surface area contributed by atoms with Crippen LogP contribution in [0.5, 0.6) is 5.75 Å². The fourth-order valence-corrected chi connectivity index (χ4v) is 2.24. The number of sulfone groups is 1. The molecule has 0 amide bonds. The van der Waals surface area contributed by atoms with Crippen LogP contribution in [0.1, 0.15) is 19.4 Å². The highest BCUT2D eigenvalue weighted by molar-refractivity contribution is 7.90. The van der Waals surface area contributed by atoms with E-state index in [1.807, 2.05) is 0 Å². The van der Waals surface area contributed by atoms with Gasteiger partial charge in [0.25, 0.3) is 0 Å². The van der Waals surface area contributed by atoms with Gasteiger partial charge in [-0.25, -0.2) is 12.8 Å². The summed E-state index contributed by atoms with van der Waals surface area (Å²) in [5.41, 5.74) is 5.44. The molecule has 3 N–H and O–H groups in total. The van der Waals surface area contributed by atoms with E-state index in [0.29, 0.717) is 5.56 Å². The molecule has 0 saturated carbocycles. The van der Waals surface area contributed by atoms with Crippen molar-refractivity contribution in [1.82, 2.24) is 0 Å². The summed E-state index contributed by atoms with van der Waals surface area (Å²) in [5, 5.41) is 9.61. The van der Waals surface area contributed by atoms with E-state index in [-0.39, 0.29) is 6.42 Å². The van der Waals surface area contributed by atoms with Gasteiger partial charge in [0.2, 0.25) is 0 Å². The van der Waals surface area contributed by atoms with Crippen LogP contribution in [0.4, 0.5) is 4.39 Å². The molecule has 0 spiro atoms. The minimum Gasteiger partial charge on any atom is -0.505 e. The van der Waals surface area contributed by atoms with Gasteiger partial charge in [0.05, 0.1) is 0 Å². The lowest BCUT2D eigenvalue weighted by atomic mass is 9.95. The Morgan fingerprint density at radius 3 is 2.35 bits per heavy atom. The molecule has 0 saturated heterocycles. The van der Waals surface area contributed by atoms with Gasteiger partial charge in [-0.15, -0.1) is 0 Å². The van der Waals surface area contributed by atoms with Crippen LogP contribution in [-0.4, -0.2) is 25.3 Å². The molecule has 0 unspecified atom stereocenters. The van der Waals surface area contributed by atoms with Gasteiger partial charge in [0.1, 0.15) is 4.90 Å². The van der Waals surface area contributed by atoms with Crippen LogP contribution >= 0.6 is 0 Å². The van der Waals surface area contributed by atoms with Gasteiger partial charge in [-0.3, -0.25) is 0 Å². The first-order valence-electron chi connectivity index (χ1n) is 5.01. The lowest BCUT2D eigenvalue weighted by Gasteiger charge is -2.19. The SMILES string of the molecule is CC(C)(N)Cc1ccc(S(C)(=O)=O)c(F)c1O. The molecule has 6 heteroatoms. The Morgan fingerprint density at radius 1 is 1.41 bits per heavy atom. The minimum atomic E-state index is -3.68. The fraction of sp³-hybridized carbons (Fsp3) is 0.455. The predicted molar refractivity (Wildman–Crippen MR) is 63.1 cm³/mol. The van der Waals surface area contributed by atoms with E-state index in [4.69, 9.17) is 5.73 Å². The number of phenolic OH excluding ortho intramolecular Hbond substituents is 1. The second-order valence-electron chi connectivity index (χ2n) is 4.82. The molecule has 0 atom stereocenters. The Bertz CT molecular complexity index is 532. The third-order valence-corrected chi connectivity index (χ3v) is 3.32. The summed E-state index contributed by atoms with van der Waals surface area (Å²) < 4.78 is 36.1. The van der Waals surface area contributed by atoms with E-state index in [1.54, 1.807) is 13.8 Å². The molecule has 0 radical (unpaired) electrons. The van der Waals surface area contributed by atoms with E-state index in [2.05, 4.69) is 0 Å². The van der Waals surface area contributed by atoms with E-state index < -0.39 is 31.8 Å². The van der Waals surface area contributed by atoms with Crippen molar-refractivity contribution >= 4 is 9.84 Å². The maximum Gasteiger partial charge on any atom is 0.183 e. The van der Waals surface area contributed by atoms with Crippen molar-refractivity contribution in [3.8, 4) is 5.75 Å². The van der Waals surface area contributed by atoms with Crippen LogP contribution in [0, 0.1) is 5.82 Å². The summed E-state index contributed by atoms with van der Waals surface area (Å²) >= 11 is 0. The molecule has 17 heavy (non-hydrogen) atoms. The summed E-state index contributed by atoms with van der Waals surface area (Å²) in [6.45, 7) is 3.46. The lowest BCUT2D eigenvalue weighted by molar-refractivity contribution is 0.407. The minimum absolute atomic E-state index is 0.250. The Labute approximate surface area is 100 Å². The zero-order valence-corrected chi connectivity index (χ0v) is 10.8. The average Bonchev–Trinajstić information content (AvgIpc) is 2.08. The fourth-order valence-electron chi connectivity index (χ4n) is 1.51. The second-order valence-corrected chi connectivity index (χ2v) is 6.81. The smallest absolute Gasteiger partial charge is 0.183 e. The van der Waals surface area contributed by atoms with Gasteiger partial charge < -0.3 is 10.8 Å². The second kappa shape index (κ2) is 4.27. The first-order chi connectivity index (χ1) is 7.52. The Hall–Kier alpha value is -1.14. The molecule has 1 rings (SSSR count). The van der Waals surface area contributed by atoms with Crippen molar-refractivity contribution in [2.24, 2.45) is 5.73 Å². The number of rotatable bonds is 3. The Kier molecular flexibility index (Phi) is 3.50. The third-order valence-electron chi connectivity index (χ3n) is 2.21. The summed E-state index contributed by atoms with van der Waals surface area (Å²) in [5.74, 6) is -1.76. The van der Waals surface area contributed by atoms with Crippen LogP contribution in [0.25, 0.3) is 0 Å². The lowest BCUT2D eigenvalue weighted by Crippen LogP contribution is -2.34. The molecule has 96 valence electrons. The van der Waals surface area contributed by atoms with Gasteiger partial charge in [-0.1, -0.05) is 6.07 Å². The van der Waals surface area contributed by atoms with E-state index in [9.17, 15) is 17.9 Å².